The Morgan fingerprint density at radius 3 is 2.63 bits per heavy atom. The van der Waals surface area contributed by atoms with Gasteiger partial charge in [-0.2, -0.15) is 0 Å². The molecule has 1 saturated carbocycles. The van der Waals surface area contributed by atoms with Gasteiger partial charge in [-0.05, 0) is 89.4 Å². The Balaban J connectivity index is 1.38. The average Bonchev–Trinajstić information content (AvgIpc) is 3.10. The molecule has 0 bridgehead atoms. The molecule has 2 aliphatic heterocycles. The molecule has 2 atom stereocenters. The fourth-order valence-corrected chi connectivity index (χ4v) is 4.76. The zero-order valence-electron chi connectivity index (χ0n) is 12.6. The molecule has 0 aromatic carbocycles. The van der Waals surface area contributed by atoms with E-state index in [0.717, 1.165) is 17.9 Å². The van der Waals surface area contributed by atoms with Crippen LogP contribution in [-0.4, -0.2) is 37.1 Å². The first-order valence-corrected chi connectivity index (χ1v) is 8.88. The highest BCUT2D eigenvalue weighted by Crippen LogP contribution is 2.35. The second kappa shape index (κ2) is 7.08. The minimum atomic E-state index is 0.965. The van der Waals surface area contributed by atoms with Crippen LogP contribution < -0.4 is 5.32 Å². The largest absolute Gasteiger partial charge is 0.316 e. The first-order valence-electron chi connectivity index (χ1n) is 8.88. The van der Waals surface area contributed by atoms with E-state index in [4.69, 9.17) is 0 Å². The second-order valence-electron chi connectivity index (χ2n) is 7.14. The van der Waals surface area contributed by atoms with Crippen LogP contribution in [0.1, 0.15) is 64.2 Å². The van der Waals surface area contributed by atoms with E-state index in [0.29, 0.717) is 0 Å². The van der Waals surface area contributed by atoms with Crippen molar-refractivity contribution in [2.75, 3.05) is 26.2 Å². The van der Waals surface area contributed by atoms with Gasteiger partial charge < -0.3 is 10.2 Å². The molecule has 0 radical (unpaired) electrons. The van der Waals surface area contributed by atoms with Crippen molar-refractivity contribution in [3.05, 3.63) is 0 Å². The van der Waals surface area contributed by atoms with Crippen molar-refractivity contribution in [2.45, 2.75) is 70.3 Å². The zero-order chi connectivity index (χ0) is 12.9. The zero-order valence-corrected chi connectivity index (χ0v) is 12.6. The number of piperidine rings is 1. The lowest BCUT2D eigenvalue weighted by molar-refractivity contribution is 0.182. The normalized spacial score (nSPS) is 34.1. The number of hydrogen-bond acceptors (Lipinski definition) is 2. The van der Waals surface area contributed by atoms with Gasteiger partial charge in [-0.1, -0.05) is 12.8 Å². The van der Waals surface area contributed by atoms with Crippen LogP contribution in [0.25, 0.3) is 0 Å². The van der Waals surface area contributed by atoms with Crippen molar-refractivity contribution in [1.82, 2.24) is 10.2 Å². The van der Waals surface area contributed by atoms with E-state index in [1.165, 1.54) is 90.4 Å². The van der Waals surface area contributed by atoms with Crippen LogP contribution in [0.5, 0.6) is 0 Å². The SMILES string of the molecule is C1CNCC(CCCN2CCCC2C2CCCC2)C1. The molecule has 0 amide bonds. The Hall–Kier alpha value is -0.0800. The van der Waals surface area contributed by atoms with Crippen LogP contribution in [0.15, 0.2) is 0 Å². The number of nitrogens with one attached hydrogen (secondary N) is 1. The van der Waals surface area contributed by atoms with E-state index in [2.05, 4.69) is 10.2 Å². The fraction of sp³-hybridized carbons (Fsp3) is 1.00. The van der Waals surface area contributed by atoms with E-state index in [1.54, 1.807) is 0 Å². The maximum absolute atomic E-state index is 3.55. The summed E-state index contributed by atoms with van der Waals surface area (Å²) >= 11 is 0. The maximum atomic E-state index is 3.55. The monoisotopic (exact) mass is 264 g/mol. The van der Waals surface area contributed by atoms with Gasteiger partial charge in [0, 0.05) is 6.04 Å². The summed E-state index contributed by atoms with van der Waals surface area (Å²) in [7, 11) is 0. The van der Waals surface area contributed by atoms with Crippen LogP contribution in [0.3, 0.4) is 0 Å². The first kappa shape index (κ1) is 13.9. The van der Waals surface area contributed by atoms with Crippen molar-refractivity contribution in [1.29, 1.82) is 0 Å². The van der Waals surface area contributed by atoms with Gasteiger partial charge in [0.1, 0.15) is 0 Å². The van der Waals surface area contributed by atoms with Crippen LogP contribution >= 0.6 is 0 Å². The molecule has 0 aromatic heterocycles. The van der Waals surface area contributed by atoms with Crippen LogP contribution in [0.2, 0.25) is 0 Å². The second-order valence-corrected chi connectivity index (χ2v) is 7.14. The highest BCUT2D eigenvalue weighted by molar-refractivity contribution is 4.87. The smallest absolute Gasteiger partial charge is 0.0124 e. The van der Waals surface area contributed by atoms with Crippen molar-refractivity contribution >= 4 is 0 Å². The van der Waals surface area contributed by atoms with E-state index < -0.39 is 0 Å². The molecule has 2 heteroatoms. The summed E-state index contributed by atoms with van der Waals surface area (Å²) in [5.41, 5.74) is 0. The molecule has 1 aliphatic carbocycles. The molecule has 2 heterocycles. The van der Waals surface area contributed by atoms with E-state index in [9.17, 15) is 0 Å². The average molecular weight is 264 g/mol. The van der Waals surface area contributed by atoms with Gasteiger partial charge in [-0.15, -0.1) is 0 Å². The molecular weight excluding hydrogens is 232 g/mol. The molecule has 3 aliphatic rings. The number of likely N-dealkylation sites (tertiary alicyclic amines) is 1. The third kappa shape index (κ3) is 3.72. The topological polar surface area (TPSA) is 15.3 Å². The van der Waals surface area contributed by atoms with Crippen molar-refractivity contribution in [3.63, 3.8) is 0 Å². The molecule has 0 aromatic rings. The van der Waals surface area contributed by atoms with Crippen molar-refractivity contribution in [2.24, 2.45) is 11.8 Å². The van der Waals surface area contributed by atoms with Gasteiger partial charge in [0.15, 0.2) is 0 Å². The minimum absolute atomic E-state index is 0.965. The van der Waals surface area contributed by atoms with Crippen LogP contribution in [-0.2, 0) is 0 Å². The summed E-state index contributed by atoms with van der Waals surface area (Å²) in [6.45, 7) is 5.32. The number of rotatable bonds is 5. The summed E-state index contributed by atoms with van der Waals surface area (Å²) in [5, 5.41) is 3.55. The third-order valence-electron chi connectivity index (χ3n) is 5.81. The Labute approximate surface area is 119 Å². The molecule has 1 N–H and O–H groups in total. The third-order valence-corrected chi connectivity index (χ3v) is 5.81. The molecule has 19 heavy (non-hydrogen) atoms. The Kier molecular flexibility index (Phi) is 5.17. The van der Waals surface area contributed by atoms with Gasteiger partial charge in [0.05, 0.1) is 0 Å². The van der Waals surface area contributed by atoms with Gasteiger partial charge in [0.2, 0.25) is 0 Å². The molecular formula is C17H32N2. The lowest BCUT2D eigenvalue weighted by Gasteiger charge is -2.30. The van der Waals surface area contributed by atoms with Gasteiger partial charge >= 0.3 is 0 Å². The first-order chi connectivity index (χ1) is 9.43. The van der Waals surface area contributed by atoms with Gasteiger partial charge in [-0.3, -0.25) is 0 Å². The summed E-state index contributed by atoms with van der Waals surface area (Å²) in [6, 6.07) is 0.965. The minimum Gasteiger partial charge on any atom is -0.316 e. The highest BCUT2D eigenvalue weighted by atomic mass is 15.2. The summed E-state index contributed by atoms with van der Waals surface area (Å²) in [4.78, 5) is 2.85. The Morgan fingerprint density at radius 1 is 0.947 bits per heavy atom. The van der Waals surface area contributed by atoms with E-state index >= 15 is 0 Å². The quantitative estimate of drug-likeness (QED) is 0.818. The summed E-state index contributed by atoms with van der Waals surface area (Å²) < 4.78 is 0. The summed E-state index contributed by atoms with van der Waals surface area (Å²) in [6.07, 6.45) is 14.8. The standard InChI is InChI=1S/C17H32N2/c1-2-9-16(8-1)17-10-5-13-19(17)12-4-7-15-6-3-11-18-14-15/h15-18H,1-14H2. The predicted molar refractivity (Wildman–Crippen MR) is 81.4 cm³/mol. The molecule has 3 rings (SSSR count). The fourth-order valence-electron chi connectivity index (χ4n) is 4.76. The number of nitrogens with zero attached hydrogens (tertiary/aromatic N) is 1. The number of hydrogen-bond donors (Lipinski definition) is 1. The molecule has 3 fully saturated rings. The molecule has 0 spiro atoms. The highest BCUT2D eigenvalue weighted by Gasteiger charge is 2.32. The van der Waals surface area contributed by atoms with Crippen molar-refractivity contribution < 1.29 is 0 Å². The molecule has 110 valence electrons. The lowest BCUT2D eigenvalue weighted by Crippen LogP contribution is -2.36. The van der Waals surface area contributed by atoms with E-state index in [1.807, 2.05) is 0 Å². The molecule has 2 nitrogen and oxygen atoms in total. The van der Waals surface area contributed by atoms with Crippen LogP contribution in [0.4, 0.5) is 0 Å². The molecule has 2 saturated heterocycles. The maximum Gasteiger partial charge on any atom is 0.0124 e. The Bertz CT molecular complexity index is 254. The van der Waals surface area contributed by atoms with Gasteiger partial charge in [0.25, 0.3) is 0 Å². The summed E-state index contributed by atoms with van der Waals surface area (Å²) in [5.74, 6) is 2.03. The predicted octanol–water partition coefficient (Wildman–Crippen LogP) is 3.42. The van der Waals surface area contributed by atoms with Crippen LogP contribution in [0, 0.1) is 11.8 Å². The lowest BCUT2D eigenvalue weighted by atomic mass is 9.93. The Morgan fingerprint density at radius 2 is 1.84 bits per heavy atom. The van der Waals surface area contributed by atoms with Crippen molar-refractivity contribution in [3.8, 4) is 0 Å². The van der Waals surface area contributed by atoms with Gasteiger partial charge in [-0.25, -0.2) is 0 Å². The molecule has 2 unspecified atom stereocenters. The van der Waals surface area contributed by atoms with E-state index in [-0.39, 0.29) is 0 Å².